The number of benzene rings is 1. The molecule has 0 bridgehead atoms. The molecule has 0 unspecified atom stereocenters. The van der Waals surface area contributed by atoms with Gasteiger partial charge in [0.15, 0.2) is 5.82 Å². The number of amides is 2. The average molecular weight is 303 g/mol. The molecule has 0 spiro atoms. The first-order valence-corrected chi connectivity index (χ1v) is 6.61. The number of carbonyl (C=O) groups excluding carboxylic acids is 2. The van der Waals surface area contributed by atoms with Crippen LogP contribution in [-0.2, 0) is 4.74 Å². The molecule has 8 nitrogen and oxygen atoms in total. The Hall–Kier alpha value is -2.90. The third-order valence-electron chi connectivity index (χ3n) is 2.45. The van der Waals surface area contributed by atoms with Gasteiger partial charge in [-0.3, -0.25) is 10.1 Å². The van der Waals surface area contributed by atoms with Crippen molar-refractivity contribution in [3.8, 4) is 0 Å². The fourth-order valence-corrected chi connectivity index (χ4v) is 1.58. The quantitative estimate of drug-likeness (QED) is 0.806. The van der Waals surface area contributed by atoms with Crippen molar-refractivity contribution >= 4 is 23.5 Å². The zero-order valence-corrected chi connectivity index (χ0v) is 12.5. The van der Waals surface area contributed by atoms with Crippen molar-refractivity contribution in [3.63, 3.8) is 0 Å². The summed E-state index contributed by atoms with van der Waals surface area (Å²) in [4.78, 5) is 23.6. The lowest BCUT2D eigenvalue weighted by Gasteiger charge is -2.19. The van der Waals surface area contributed by atoms with Gasteiger partial charge in [0.05, 0.1) is 6.20 Å². The van der Waals surface area contributed by atoms with E-state index >= 15 is 0 Å². The van der Waals surface area contributed by atoms with E-state index < -0.39 is 11.7 Å². The van der Waals surface area contributed by atoms with Crippen LogP contribution in [0.5, 0.6) is 0 Å². The number of H-pyrrole nitrogens is 1. The Morgan fingerprint density at radius 2 is 1.82 bits per heavy atom. The summed E-state index contributed by atoms with van der Waals surface area (Å²) in [6.45, 7) is 5.34. The Balaban J connectivity index is 1.95. The van der Waals surface area contributed by atoms with E-state index in [1.807, 2.05) is 0 Å². The third kappa shape index (κ3) is 4.58. The van der Waals surface area contributed by atoms with E-state index in [0.717, 1.165) is 0 Å². The van der Waals surface area contributed by atoms with E-state index in [-0.39, 0.29) is 5.91 Å². The van der Waals surface area contributed by atoms with Crippen molar-refractivity contribution in [3.05, 3.63) is 36.0 Å². The number of anilines is 2. The molecule has 1 heterocycles. The molecule has 0 saturated heterocycles. The highest BCUT2D eigenvalue weighted by Gasteiger charge is 2.16. The first-order valence-electron chi connectivity index (χ1n) is 6.61. The number of nitrogens with one attached hydrogen (secondary N) is 3. The normalized spacial score (nSPS) is 10.9. The Kier molecular flexibility index (Phi) is 4.40. The van der Waals surface area contributed by atoms with Crippen molar-refractivity contribution in [2.24, 2.45) is 0 Å². The predicted octanol–water partition coefficient (Wildman–Crippen LogP) is 2.40. The highest BCUT2D eigenvalue weighted by molar-refractivity contribution is 6.04. The number of aromatic amines is 1. The number of hydrogen-bond acceptors (Lipinski definition) is 5. The molecule has 2 amide bonds. The second-order valence-electron chi connectivity index (χ2n) is 5.51. The Morgan fingerprint density at radius 3 is 2.36 bits per heavy atom. The molecular weight excluding hydrogens is 286 g/mol. The molecule has 3 N–H and O–H groups in total. The standard InChI is InChI=1S/C14H17N5O3/c1-14(2,3)22-13(21)16-10-6-4-9(5-7-10)12(20)17-11-8-15-19-18-11/h4-8H,1-3H3,(H,16,21)(H2,15,17,18,19,20). The molecular formula is C14H17N5O3. The van der Waals surface area contributed by atoms with Gasteiger partial charge in [-0.25, -0.2) is 4.79 Å². The van der Waals surface area contributed by atoms with E-state index in [2.05, 4.69) is 26.0 Å². The zero-order chi connectivity index (χ0) is 16.2. The number of aromatic nitrogens is 3. The van der Waals surface area contributed by atoms with Gasteiger partial charge in [0.1, 0.15) is 5.60 Å². The van der Waals surface area contributed by atoms with Crippen LogP contribution < -0.4 is 10.6 Å². The molecule has 0 atom stereocenters. The summed E-state index contributed by atoms with van der Waals surface area (Å²) < 4.78 is 5.14. The van der Waals surface area contributed by atoms with Crippen LogP contribution in [0.25, 0.3) is 0 Å². The van der Waals surface area contributed by atoms with Crippen LogP contribution in [0.1, 0.15) is 31.1 Å². The first kappa shape index (κ1) is 15.5. The summed E-state index contributed by atoms with van der Waals surface area (Å²) in [5.41, 5.74) is 0.395. The minimum Gasteiger partial charge on any atom is -0.444 e. The Bertz CT molecular complexity index is 644. The molecule has 1 aromatic heterocycles. The summed E-state index contributed by atoms with van der Waals surface area (Å²) in [6, 6.07) is 6.40. The van der Waals surface area contributed by atoms with Gasteiger partial charge in [0.25, 0.3) is 5.91 Å². The van der Waals surface area contributed by atoms with Gasteiger partial charge in [0.2, 0.25) is 0 Å². The number of carbonyl (C=O) groups is 2. The summed E-state index contributed by atoms with van der Waals surface area (Å²) in [5.74, 6) is 0.0127. The minimum absolute atomic E-state index is 0.322. The van der Waals surface area contributed by atoms with Crippen LogP contribution in [-0.4, -0.2) is 33.0 Å². The van der Waals surface area contributed by atoms with Crippen LogP contribution in [0.15, 0.2) is 30.5 Å². The van der Waals surface area contributed by atoms with Gasteiger partial charge in [-0.05, 0) is 45.0 Å². The Morgan fingerprint density at radius 1 is 1.14 bits per heavy atom. The topological polar surface area (TPSA) is 109 Å². The molecule has 2 aromatic rings. The summed E-state index contributed by atoms with van der Waals surface area (Å²) in [7, 11) is 0. The highest BCUT2D eigenvalue weighted by Crippen LogP contribution is 2.13. The molecule has 8 heteroatoms. The predicted molar refractivity (Wildman–Crippen MR) is 80.6 cm³/mol. The van der Waals surface area contributed by atoms with E-state index in [1.54, 1.807) is 45.0 Å². The van der Waals surface area contributed by atoms with E-state index in [0.29, 0.717) is 17.1 Å². The minimum atomic E-state index is -0.568. The second-order valence-corrected chi connectivity index (χ2v) is 5.51. The molecule has 1 aromatic carbocycles. The lowest BCUT2D eigenvalue weighted by molar-refractivity contribution is 0.0636. The maximum absolute atomic E-state index is 11.9. The van der Waals surface area contributed by atoms with Gasteiger partial charge in [-0.2, -0.15) is 10.3 Å². The molecule has 0 fully saturated rings. The van der Waals surface area contributed by atoms with Crippen molar-refractivity contribution < 1.29 is 14.3 Å². The number of nitrogens with zero attached hydrogens (tertiary/aromatic N) is 2. The second kappa shape index (κ2) is 6.25. The smallest absolute Gasteiger partial charge is 0.412 e. The van der Waals surface area contributed by atoms with Crippen LogP contribution in [0, 0.1) is 0 Å². The lowest BCUT2D eigenvalue weighted by atomic mass is 10.2. The van der Waals surface area contributed by atoms with E-state index in [9.17, 15) is 9.59 Å². The maximum atomic E-state index is 11.9. The van der Waals surface area contributed by atoms with Crippen molar-refractivity contribution in [2.45, 2.75) is 26.4 Å². The molecule has 0 aliphatic heterocycles. The Labute approximate surface area is 127 Å². The van der Waals surface area contributed by atoms with Gasteiger partial charge in [-0.15, -0.1) is 5.10 Å². The summed E-state index contributed by atoms with van der Waals surface area (Å²) in [6.07, 6.45) is 0.850. The maximum Gasteiger partial charge on any atom is 0.412 e. The van der Waals surface area contributed by atoms with Gasteiger partial charge < -0.3 is 10.1 Å². The van der Waals surface area contributed by atoms with Crippen LogP contribution in [0.4, 0.5) is 16.3 Å². The van der Waals surface area contributed by atoms with Gasteiger partial charge in [-0.1, -0.05) is 0 Å². The zero-order valence-electron chi connectivity index (χ0n) is 12.5. The molecule has 22 heavy (non-hydrogen) atoms. The van der Waals surface area contributed by atoms with Gasteiger partial charge in [0, 0.05) is 11.3 Å². The molecule has 0 saturated carbocycles. The van der Waals surface area contributed by atoms with Crippen molar-refractivity contribution in [2.75, 3.05) is 10.6 Å². The SMILES string of the molecule is CC(C)(C)OC(=O)Nc1ccc(C(=O)Nc2cn[nH]n2)cc1. The highest BCUT2D eigenvalue weighted by atomic mass is 16.6. The fourth-order valence-electron chi connectivity index (χ4n) is 1.58. The largest absolute Gasteiger partial charge is 0.444 e. The van der Waals surface area contributed by atoms with Gasteiger partial charge >= 0.3 is 6.09 Å². The van der Waals surface area contributed by atoms with Crippen LogP contribution in [0.2, 0.25) is 0 Å². The first-order chi connectivity index (χ1) is 10.3. The lowest BCUT2D eigenvalue weighted by Crippen LogP contribution is -2.27. The third-order valence-corrected chi connectivity index (χ3v) is 2.45. The van der Waals surface area contributed by atoms with E-state index in [1.165, 1.54) is 6.20 Å². The molecule has 2 rings (SSSR count). The van der Waals surface area contributed by atoms with E-state index in [4.69, 9.17) is 4.74 Å². The van der Waals surface area contributed by atoms with Crippen LogP contribution >= 0.6 is 0 Å². The van der Waals surface area contributed by atoms with Crippen molar-refractivity contribution in [1.82, 2.24) is 15.4 Å². The monoisotopic (exact) mass is 303 g/mol. The molecule has 116 valence electrons. The molecule has 0 aliphatic rings. The summed E-state index contributed by atoms with van der Waals surface area (Å²) >= 11 is 0. The molecule has 0 aliphatic carbocycles. The molecule has 0 radical (unpaired) electrons. The average Bonchev–Trinajstić information content (AvgIpc) is 2.90. The van der Waals surface area contributed by atoms with Crippen LogP contribution in [0.3, 0.4) is 0 Å². The summed E-state index contributed by atoms with van der Waals surface area (Å²) in [5, 5.41) is 14.9. The number of hydrogen-bond donors (Lipinski definition) is 3. The number of rotatable bonds is 3. The van der Waals surface area contributed by atoms with Crippen molar-refractivity contribution in [1.29, 1.82) is 0 Å². The fraction of sp³-hybridized carbons (Fsp3) is 0.286. The number of ether oxygens (including phenoxy) is 1.